The van der Waals surface area contributed by atoms with E-state index in [4.69, 9.17) is 27.9 Å². The van der Waals surface area contributed by atoms with Crippen LogP contribution in [0.3, 0.4) is 0 Å². The molecular formula is C24H17Cl2FN2O2S. The summed E-state index contributed by atoms with van der Waals surface area (Å²) in [5, 5.41) is 6.37. The first-order chi connectivity index (χ1) is 15.5. The number of nitrogens with zero attached hydrogens (tertiary/aromatic N) is 1. The molecule has 4 nitrogen and oxygen atoms in total. The lowest BCUT2D eigenvalue weighted by atomic mass is 10.2. The minimum Gasteiger partial charge on any atom is -0.489 e. The Bertz CT molecular complexity index is 1230. The molecule has 0 aliphatic heterocycles. The standard InChI is InChI=1S/C24H17Cl2FN2O2S/c25-18-6-3-17(21(26)11-18)13-31-20-9-4-16(5-10-20)24-29-22(14-32-24)23(30)28-12-15-1-7-19(27)8-2-15/h1-11,14H,12-13H2,(H,28,30). The molecule has 1 amide bonds. The molecule has 8 heteroatoms. The number of carbonyl (C=O) groups excluding carboxylic acids is 1. The minimum absolute atomic E-state index is 0.281. The molecule has 162 valence electrons. The predicted molar refractivity (Wildman–Crippen MR) is 126 cm³/mol. The molecule has 0 bridgehead atoms. The van der Waals surface area contributed by atoms with Gasteiger partial charge in [0.15, 0.2) is 0 Å². The second-order valence-corrected chi connectivity index (χ2v) is 8.60. The number of aromatic nitrogens is 1. The van der Waals surface area contributed by atoms with Crippen molar-refractivity contribution in [2.45, 2.75) is 13.2 Å². The summed E-state index contributed by atoms with van der Waals surface area (Å²) >= 11 is 13.5. The number of thiazole rings is 1. The zero-order chi connectivity index (χ0) is 22.5. The molecule has 0 atom stereocenters. The molecule has 4 aromatic rings. The van der Waals surface area contributed by atoms with Crippen molar-refractivity contribution in [1.82, 2.24) is 10.3 Å². The van der Waals surface area contributed by atoms with Crippen LogP contribution in [0.5, 0.6) is 5.75 Å². The highest BCUT2D eigenvalue weighted by Gasteiger charge is 2.12. The molecule has 0 spiro atoms. The van der Waals surface area contributed by atoms with Crippen molar-refractivity contribution < 1.29 is 13.9 Å². The summed E-state index contributed by atoms with van der Waals surface area (Å²) in [5.74, 6) is 0.0969. The van der Waals surface area contributed by atoms with Crippen LogP contribution in [-0.2, 0) is 13.2 Å². The smallest absolute Gasteiger partial charge is 0.271 e. The average Bonchev–Trinajstić information content (AvgIpc) is 3.29. The van der Waals surface area contributed by atoms with Gasteiger partial charge >= 0.3 is 0 Å². The number of nitrogens with one attached hydrogen (secondary N) is 1. The quantitative estimate of drug-likeness (QED) is 0.313. The molecule has 0 saturated carbocycles. The van der Waals surface area contributed by atoms with Crippen LogP contribution in [0.25, 0.3) is 10.6 Å². The maximum atomic E-state index is 13.0. The van der Waals surface area contributed by atoms with Gasteiger partial charge in [-0.25, -0.2) is 9.37 Å². The van der Waals surface area contributed by atoms with E-state index in [1.165, 1.54) is 23.5 Å². The van der Waals surface area contributed by atoms with E-state index in [9.17, 15) is 9.18 Å². The van der Waals surface area contributed by atoms with E-state index in [1.54, 1.807) is 29.6 Å². The van der Waals surface area contributed by atoms with Crippen molar-refractivity contribution in [2.75, 3.05) is 0 Å². The van der Waals surface area contributed by atoms with Crippen molar-refractivity contribution in [3.63, 3.8) is 0 Å². The fourth-order valence-corrected chi connectivity index (χ4v) is 4.15. The van der Waals surface area contributed by atoms with Crippen molar-refractivity contribution in [3.8, 4) is 16.3 Å². The van der Waals surface area contributed by atoms with Crippen molar-refractivity contribution in [3.05, 3.63) is 105 Å². The third-order valence-electron chi connectivity index (χ3n) is 4.61. The Morgan fingerprint density at radius 1 is 1.03 bits per heavy atom. The normalized spacial score (nSPS) is 10.7. The van der Waals surface area contributed by atoms with Crippen molar-refractivity contribution >= 4 is 40.4 Å². The lowest BCUT2D eigenvalue weighted by Crippen LogP contribution is -2.23. The van der Waals surface area contributed by atoms with E-state index < -0.39 is 0 Å². The van der Waals surface area contributed by atoms with Gasteiger partial charge < -0.3 is 10.1 Å². The van der Waals surface area contributed by atoms with E-state index in [1.807, 2.05) is 30.3 Å². The number of rotatable bonds is 7. The van der Waals surface area contributed by atoms with Crippen LogP contribution in [-0.4, -0.2) is 10.9 Å². The third-order valence-corrected chi connectivity index (χ3v) is 6.09. The van der Waals surface area contributed by atoms with E-state index >= 15 is 0 Å². The third kappa shape index (κ3) is 5.65. The second-order valence-electron chi connectivity index (χ2n) is 6.90. The first-order valence-corrected chi connectivity index (χ1v) is 11.3. The monoisotopic (exact) mass is 486 g/mol. The second kappa shape index (κ2) is 10.1. The first kappa shape index (κ1) is 22.3. The number of amides is 1. The van der Waals surface area contributed by atoms with Crippen molar-refractivity contribution in [1.29, 1.82) is 0 Å². The molecule has 32 heavy (non-hydrogen) atoms. The Morgan fingerprint density at radius 3 is 2.50 bits per heavy atom. The zero-order valence-electron chi connectivity index (χ0n) is 16.6. The zero-order valence-corrected chi connectivity index (χ0v) is 19.0. The van der Waals surface area contributed by atoms with Crippen molar-refractivity contribution in [2.24, 2.45) is 0 Å². The molecule has 0 aliphatic carbocycles. The van der Waals surface area contributed by atoms with Gasteiger partial charge in [0.05, 0.1) is 0 Å². The molecular weight excluding hydrogens is 470 g/mol. The van der Waals surface area contributed by atoms with E-state index in [0.717, 1.165) is 21.7 Å². The summed E-state index contributed by atoms with van der Waals surface area (Å²) in [6.07, 6.45) is 0. The van der Waals surface area contributed by atoms with Crippen LogP contribution >= 0.6 is 34.5 Å². The molecule has 0 radical (unpaired) electrons. The molecule has 1 N–H and O–H groups in total. The van der Waals surface area contributed by atoms with E-state index in [0.29, 0.717) is 34.6 Å². The fraction of sp³-hybridized carbons (Fsp3) is 0.0833. The number of halogens is 3. The van der Waals surface area contributed by atoms with Crippen LogP contribution in [0, 0.1) is 5.82 Å². The summed E-state index contributed by atoms with van der Waals surface area (Å²) < 4.78 is 18.8. The molecule has 0 saturated heterocycles. The highest BCUT2D eigenvalue weighted by atomic mass is 35.5. The van der Waals surface area contributed by atoms with E-state index in [-0.39, 0.29) is 11.7 Å². The average molecular weight is 487 g/mol. The van der Waals surface area contributed by atoms with Crippen LogP contribution in [0.4, 0.5) is 4.39 Å². The van der Waals surface area contributed by atoms with E-state index in [2.05, 4.69) is 10.3 Å². The summed E-state index contributed by atoms with van der Waals surface area (Å²) in [5.41, 5.74) is 2.87. The van der Waals surface area contributed by atoms with Gasteiger partial charge in [0, 0.05) is 33.1 Å². The molecule has 1 aromatic heterocycles. The summed E-state index contributed by atoms with van der Waals surface area (Å²) in [6, 6.07) is 18.7. The Kier molecular flexibility index (Phi) is 7.05. The first-order valence-electron chi connectivity index (χ1n) is 9.63. The van der Waals surface area contributed by atoms with Gasteiger partial charge in [-0.15, -0.1) is 11.3 Å². The summed E-state index contributed by atoms with van der Waals surface area (Å²) in [6.45, 7) is 0.626. The number of ether oxygens (including phenoxy) is 1. The highest BCUT2D eigenvalue weighted by molar-refractivity contribution is 7.13. The SMILES string of the molecule is O=C(NCc1ccc(F)cc1)c1csc(-c2ccc(OCc3ccc(Cl)cc3Cl)cc2)n1. The number of benzene rings is 3. The topological polar surface area (TPSA) is 51.2 Å². The van der Waals surface area contributed by atoms with Gasteiger partial charge in [-0.2, -0.15) is 0 Å². The molecule has 4 rings (SSSR count). The Balaban J connectivity index is 1.35. The maximum absolute atomic E-state index is 13.0. The van der Waals surface area contributed by atoms with Gasteiger partial charge in [0.25, 0.3) is 5.91 Å². The van der Waals surface area contributed by atoms with Crippen LogP contribution < -0.4 is 10.1 Å². The molecule has 0 aliphatic rings. The lowest BCUT2D eigenvalue weighted by molar-refractivity contribution is 0.0946. The minimum atomic E-state index is -0.311. The summed E-state index contributed by atoms with van der Waals surface area (Å²) in [7, 11) is 0. The van der Waals surface area contributed by atoms with Gasteiger partial charge in [-0.05, 0) is 54.1 Å². The highest BCUT2D eigenvalue weighted by Crippen LogP contribution is 2.27. The van der Waals surface area contributed by atoms with Crippen LogP contribution in [0.1, 0.15) is 21.6 Å². The molecule has 3 aromatic carbocycles. The number of carbonyl (C=O) groups is 1. The Labute approximate surface area is 198 Å². The predicted octanol–water partition coefficient (Wildman–Crippen LogP) is 6.77. The number of hydrogen-bond donors (Lipinski definition) is 1. The van der Waals surface area contributed by atoms with Crippen LogP contribution in [0.2, 0.25) is 10.0 Å². The molecule has 0 fully saturated rings. The van der Waals surface area contributed by atoms with Crippen LogP contribution in [0.15, 0.2) is 72.1 Å². The van der Waals surface area contributed by atoms with Gasteiger partial charge in [0.1, 0.15) is 28.9 Å². The van der Waals surface area contributed by atoms with Gasteiger partial charge in [-0.1, -0.05) is 41.4 Å². The fourth-order valence-electron chi connectivity index (χ4n) is 2.88. The van der Waals surface area contributed by atoms with Gasteiger partial charge in [-0.3, -0.25) is 4.79 Å². The lowest BCUT2D eigenvalue weighted by Gasteiger charge is -2.08. The maximum Gasteiger partial charge on any atom is 0.271 e. The summed E-state index contributed by atoms with van der Waals surface area (Å²) in [4.78, 5) is 16.8. The Hall–Kier alpha value is -2.93. The number of hydrogen-bond acceptors (Lipinski definition) is 4. The largest absolute Gasteiger partial charge is 0.489 e. The Morgan fingerprint density at radius 2 is 1.78 bits per heavy atom. The molecule has 0 unspecified atom stereocenters. The van der Waals surface area contributed by atoms with Gasteiger partial charge in [0.2, 0.25) is 0 Å². The molecule has 1 heterocycles.